The number of hydrogen-bond donors (Lipinski definition) is 2. The van der Waals surface area contributed by atoms with Gasteiger partial charge in [-0.15, -0.1) is 0 Å². The maximum absolute atomic E-state index is 12.6. The number of nitrogens with zero attached hydrogens (tertiary/aromatic N) is 1. The number of rotatable bonds is 6. The van der Waals surface area contributed by atoms with Crippen LogP contribution >= 0.6 is 0 Å². The number of amides is 2. The molecule has 2 aromatic rings. The Morgan fingerprint density at radius 3 is 2.39 bits per heavy atom. The summed E-state index contributed by atoms with van der Waals surface area (Å²) in [6.45, 7) is 2.15. The van der Waals surface area contributed by atoms with E-state index in [-0.39, 0.29) is 18.2 Å². The molecule has 5 heteroatoms. The lowest BCUT2D eigenvalue weighted by Crippen LogP contribution is -2.33. The van der Waals surface area contributed by atoms with Crippen LogP contribution in [-0.4, -0.2) is 17.5 Å². The molecule has 2 N–H and O–H groups in total. The van der Waals surface area contributed by atoms with E-state index < -0.39 is 6.04 Å². The standard InChI is InChI=1S/C23H27N3O2/c1-17-10-8-9-15-20(17)25-26-22(27)16-21(18-11-4-2-5-12-18)24-23(28)19-13-6-3-7-14-19/h2-7,11-14,17,21H,8-10,15-16H2,1H3,(H,24,28)(H,26,27)/t17-,21-/m1/s1. The van der Waals surface area contributed by atoms with Crippen molar-refractivity contribution in [2.75, 3.05) is 0 Å². The third-order valence-electron chi connectivity index (χ3n) is 5.15. The first-order chi connectivity index (χ1) is 13.6. The molecule has 0 unspecified atom stereocenters. The van der Waals surface area contributed by atoms with E-state index in [1.54, 1.807) is 12.1 Å². The Kier molecular flexibility index (Phi) is 6.95. The van der Waals surface area contributed by atoms with Gasteiger partial charge in [-0.05, 0) is 42.9 Å². The van der Waals surface area contributed by atoms with Crippen LogP contribution < -0.4 is 10.7 Å². The Hall–Kier alpha value is -2.95. The van der Waals surface area contributed by atoms with Crippen molar-refractivity contribution in [1.82, 2.24) is 10.7 Å². The molecule has 0 aromatic heterocycles. The van der Waals surface area contributed by atoms with Crippen LogP contribution in [0.3, 0.4) is 0 Å². The third kappa shape index (κ3) is 5.52. The molecule has 1 saturated carbocycles. The minimum atomic E-state index is -0.419. The second-order valence-electron chi connectivity index (χ2n) is 7.29. The largest absolute Gasteiger partial charge is 0.345 e. The van der Waals surface area contributed by atoms with Gasteiger partial charge in [-0.2, -0.15) is 5.10 Å². The van der Waals surface area contributed by atoms with Crippen molar-refractivity contribution in [3.05, 3.63) is 71.8 Å². The minimum absolute atomic E-state index is 0.133. The molecule has 0 bridgehead atoms. The van der Waals surface area contributed by atoms with E-state index in [0.717, 1.165) is 30.5 Å². The lowest BCUT2D eigenvalue weighted by Gasteiger charge is -2.21. The highest BCUT2D eigenvalue weighted by molar-refractivity contribution is 5.95. The summed E-state index contributed by atoms with van der Waals surface area (Å²) in [5.41, 5.74) is 5.21. The van der Waals surface area contributed by atoms with Crippen molar-refractivity contribution in [3.8, 4) is 0 Å². The van der Waals surface area contributed by atoms with Crippen molar-refractivity contribution < 1.29 is 9.59 Å². The smallest absolute Gasteiger partial charge is 0.251 e. The zero-order valence-electron chi connectivity index (χ0n) is 16.2. The lowest BCUT2D eigenvalue weighted by atomic mass is 9.89. The van der Waals surface area contributed by atoms with Crippen LogP contribution in [0.15, 0.2) is 65.8 Å². The second-order valence-corrected chi connectivity index (χ2v) is 7.29. The monoisotopic (exact) mass is 377 g/mol. The van der Waals surface area contributed by atoms with Gasteiger partial charge >= 0.3 is 0 Å². The van der Waals surface area contributed by atoms with Crippen molar-refractivity contribution in [2.24, 2.45) is 11.0 Å². The molecular weight excluding hydrogens is 350 g/mol. The predicted molar refractivity (Wildman–Crippen MR) is 111 cm³/mol. The molecule has 1 aliphatic rings. The van der Waals surface area contributed by atoms with E-state index in [0.29, 0.717) is 11.5 Å². The van der Waals surface area contributed by atoms with Crippen LogP contribution in [0.25, 0.3) is 0 Å². The van der Waals surface area contributed by atoms with E-state index in [2.05, 4.69) is 22.8 Å². The summed E-state index contributed by atoms with van der Waals surface area (Å²) >= 11 is 0. The number of nitrogens with one attached hydrogen (secondary N) is 2. The molecule has 1 fully saturated rings. The number of carbonyl (C=O) groups excluding carboxylic acids is 2. The highest BCUT2D eigenvalue weighted by atomic mass is 16.2. The second kappa shape index (κ2) is 9.83. The van der Waals surface area contributed by atoms with Gasteiger partial charge in [0.15, 0.2) is 0 Å². The molecule has 3 rings (SSSR count). The summed E-state index contributed by atoms with van der Waals surface area (Å²) in [5, 5.41) is 7.33. The van der Waals surface area contributed by atoms with Gasteiger partial charge < -0.3 is 5.32 Å². The van der Waals surface area contributed by atoms with E-state index in [1.807, 2.05) is 48.5 Å². The topological polar surface area (TPSA) is 70.6 Å². The van der Waals surface area contributed by atoms with E-state index in [4.69, 9.17) is 0 Å². The number of hydrazone groups is 1. The van der Waals surface area contributed by atoms with Gasteiger partial charge in [0.25, 0.3) is 5.91 Å². The first-order valence-corrected chi connectivity index (χ1v) is 9.89. The molecule has 0 aliphatic heterocycles. The highest BCUT2D eigenvalue weighted by Gasteiger charge is 2.20. The molecule has 5 nitrogen and oxygen atoms in total. The average molecular weight is 377 g/mol. The predicted octanol–water partition coefficient (Wildman–Crippen LogP) is 4.23. The van der Waals surface area contributed by atoms with Gasteiger partial charge in [0.2, 0.25) is 5.91 Å². The fourth-order valence-electron chi connectivity index (χ4n) is 3.47. The molecule has 0 radical (unpaired) electrons. The molecule has 0 saturated heterocycles. The van der Waals surface area contributed by atoms with Crippen molar-refractivity contribution >= 4 is 17.5 Å². The summed E-state index contributed by atoms with van der Waals surface area (Å²) in [4.78, 5) is 25.1. The quantitative estimate of drug-likeness (QED) is 0.740. The Morgan fingerprint density at radius 1 is 1.04 bits per heavy atom. The molecule has 146 valence electrons. The Labute approximate surface area is 166 Å². The SMILES string of the molecule is C[C@@H]1CCCCC1=NNC(=O)C[C@@H](NC(=O)c1ccccc1)c1ccccc1. The summed E-state index contributed by atoms with van der Waals surface area (Å²) in [7, 11) is 0. The minimum Gasteiger partial charge on any atom is -0.345 e. The maximum Gasteiger partial charge on any atom is 0.251 e. The van der Waals surface area contributed by atoms with Crippen LogP contribution in [0.4, 0.5) is 0 Å². The Balaban J connectivity index is 1.68. The third-order valence-corrected chi connectivity index (χ3v) is 5.15. The molecule has 1 aliphatic carbocycles. The normalized spacial score (nSPS) is 19.0. The van der Waals surface area contributed by atoms with Crippen LogP contribution in [0, 0.1) is 5.92 Å². The molecule has 2 aromatic carbocycles. The lowest BCUT2D eigenvalue weighted by molar-refractivity contribution is -0.121. The average Bonchev–Trinajstić information content (AvgIpc) is 2.74. The van der Waals surface area contributed by atoms with Gasteiger partial charge in [0, 0.05) is 11.3 Å². The zero-order chi connectivity index (χ0) is 19.8. The summed E-state index contributed by atoms with van der Waals surface area (Å²) in [6, 6.07) is 18.1. The van der Waals surface area contributed by atoms with E-state index in [1.165, 1.54) is 6.42 Å². The Morgan fingerprint density at radius 2 is 1.71 bits per heavy atom. The highest BCUT2D eigenvalue weighted by Crippen LogP contribution is 2.21. The van der Waals surface area contributed by atoms with Crippen LogP contribution in [0.5, 0.6) is 0 Å². The van der Waals surface area contributed by atoms with Crippen molar-refractivity contribution in [3.63, 3.8) is 0 Å². The molecule has 0 spiro atoms. The van der Waals surface area contributed by atoms with Crippen LogP contribution in [0.1, 0.15) is 61.0 Å². The van der Waals surface area contributed by atoms with E-state index >= 15 is 0 Å². The zero-order valence-corrected chi connectivity index (χ0v) is 16.2. The molecule has 2 amide bonds. The van der Waals surface area contributed by atoms with Gasteiger partial charge in [-0.3, -0.25) is 9.59 Å². The fourth-order valence-corrected chi connectivity index (χ4v) is 3.47. The van der Waals surface area contributed by atoms with Gasteiger partial charge in [0.05, 0.1) is 12.5 Å². The number of benzene rings is 2. The molecule has 2 atom stereocenters. The fraction of sp³-hybridized carbons (Fsp3) is 0.348. The summed E-state index contributed by atoms with van der Waals surface area (Å²) < 4.78 is 0. The molecule has 28 heavy (non-hydrogen) atoms. The molecule has 0 heterocycles. The van der Waals surface area contributed by atoms with Crippen LogP contribution in [-0.2, 0) is 4.79 Å². The maximum atomic E-state index is 12.6. The summed E-state index contributed by atoms with van der Waals surface area (Å²) in [5.74, 6) is 0.0127. The van der Waals surface area contributed by atoms with Gasteiger partial charge in [-0.1, -0.05) is 61.9 Å². The Bertz CT molecular complexity index is 818. The van der Waals surface area contributed by atoms with Gasteiger partial charge in [-0.25, -0.2) is 5.43 Å². The van der Waals surface area contributed by atoms with Crippen molar-refractivity contribution in [1.29, 1.82) is 0 Å². The molecular formula is C23H27N3O2. The van der Waals surface area contributed by atoms with Crippen LogP contribution in [0.2, 0.25) is 0 Å². The first kappa shape index (κ1) is 19.8. The van der Waals surface area contributed by atoms with Gasteiger partial charge in [0.1, 0.15) is 0 Å². The summed E-state index contributed by atoms with van der Waals surface area (Å²) in [6.07, 6.45) is 4.53. The van der Waals surface area contributed by atoms with Crippen molar-refractivity contribution in [2.45, 2.75) is 45.1 Å². The number of hydrogen-bond acceptors (Lipinski definition) is 3. The first-order valence-electron chi connectivity index (χ1n) is 9.89. The van der Waals surface area contributed by atoms with E-state index in [9.17, 15) is 9.59 Å². The number of carbonyl (C=O) groups is 2.